The van der Waals surface area contributed by atoms with Crippen LogP contribution in [0.2, 0.25) is 0 Å². The van der Waals surface area contributed by atoms with Crippen LogP contribution in [-0.4, -0.2) is 40.3 Å². The van der Waals surface area contributed by atoms with Crippen LogP contribution in [0.1, 0.15) is 24.4 Å². The van der Waals surface area contributed by atoms with E-state index >= 15 is 0 Å². The van der Waals surface area contributed by atoms with Gasteiger partial charge < -0.3 is 10.2 Å². The highest BCUT2D eigenvalue weighted by Crippen LogP contribution is 2.28. The molecule has 2 N–H and O–H groups in total. The number of urea groups is 1. The number of hydrogen-bond acceptors (Lipinski definition) is 4. The Labute approximate surface area is 126 Å². The fourth-order valence-corrected chi connectivity index (χ4v) is 3.13. The molecule has 2 heterocycles. The summed E-state index contributed by atoms with van der Waals surface area (Å²) >= 11 is 6.97. The van der Waals surface area contributed by atoms with Crippen molar-refractivity contribution in [2.24, 2.45) is 0 Å². The Kier molecular flexibility index (Phi) is 4.82. The molecule has 3 amide bonds. The van der Waals surface area contributed by atoms with Gasteiger partial charge in [-0.2, -0.15) is 0 Å². The molecule has 0 saturated carbocycles. The van der Waals surface area contributed by atoms with Crippen LogP contribution in [0, 0.1) is 0 Å². The van der Waals surface area contributed by atoms with Crippen LogP contribution >= 0.6 is 22.9 Å². The Bertz CT molecular complexity index is 518. The minimum Gasteiger partial charge on any atom is -0.336 e. The first-order valence-electron chi connectivity index (χ1n) is 6.39. The van der Waals surface area contributed by atoms with E-state index in [0.717, 1.165) is 10.6 Å². The fourth-order valence-electron chi connectivity index (χ4n) is 1.94. The van der Waals surface area contributed by atoms with Gasteiger partial charge in [-0.05, 0) is 13.8 Å². The topological polar surface area (TPSA) is 74.3 Å². The summed E-state index contributed by atoms with van der Waals surface area (Å²) in [5.74, 6) is -0.0754. The zero-order chi connectivity index (χ0) is 14.7. The summed E-state index contributed by atoms with van der Waals surface area (Å²) in [6, 6.07) is -0.193. The molecule has 1 aliphatic heterocycles. The zero-order valence-corrected chi connectivity index (χ0v) is 13.0. The predicted molar refractivity (Wildman–Crippen MR) is 79.2 cm³/mol. The molecule has 0 radical (unpaired) electrons. The standard InChI is InChI=1S/C12H17ClN4O2S/c1-7(2)14-11(19)16-12-15-8-3-4-17(10(18)5-13)6-9(8)20-12/h7H,3-6H2,1-2H3,(H2,14,15,16,19). The third-order valence-corrected chi connectivity index (χ3v) is 4.06. The summed E-state index contributed by atoms with van der Waals surface area (Å²) < 4.78 is 0. The van der Waals surface area contributed by atoms with Crippen molar-refractivity contribution in [3.63, 3.8) is 0 Å². The number of hydrogen-bond donors (Lipinski definition) is 2. The molecule has 0 aromatic carbocycles. The van der Waals surface area contributed by atoms with E-state index in [9.17, 15) is 9.59 Å². The number of alkyl halides is 1. The molecule has 8 heteroatoms. The highest BCUT2D eigenvalue weighted by molar-refractivity contribution is 7.15. The molecular weight excluding hydrogens is 300 g/mol. The first-order valence-corrected chi connectivity index (χ1v) is 7.74. The van der Waals surface area contributed by atoms with E-state index in [1.54, 1.807) is 4.90 Å². The largest absolute Gasteiger partial charge is 0.336 e. The molecule has 0 bridgehead atoms. The molecule has 0 aliphatic carbocycles. The third kappa shape index (κ3) is 3.61. The second-order valence-electron chi connectivity index (χ2n) is 4.84. The van der Waals surface area contributed by atoms with Crippen molar-refractivity contribution in [1.82, 2.24) is 15.2 Å². The zero-order valence-electron chi connectivity index (χ0n) is 11.4. The Hall–Kier alpha value is -1.34. The van der Waals surface area contributed by atoms with Gasteiger partial charge in [-0.3, -0.25) is 10.1 Å². The average Bonchev–Trinajstić information content (AvgIpc) is 2.77. The number of fused-ring (bicyclic) bond motifs is 1. The molecule has 0 atom stereocenters. The lowest BCUT2D eigenvalue weighted by Crippen LogP contribution is -2.36. The van der Waals surface area contributed by atoms with E-state index in [1.807, 2.05) is 13.8 Å². The van der Waals surface area contributed by atoms with Crippen LogP contribution in [0.3, 0.4) is 0 Å². The predicted octanol–water partition coefficient (Wildman–Crippen LogP) is 1.80. The van der Waals surface area contributed by atoms with Crippen LogP contribution in [-0.2, 0) is 17.8 Å². The van der Waals surface area contributed by atoms with Gasteiger partial charge in [0.25, 0.3) is 0 Å². The van der Waals surface area contributed by atoms with E-state index in [0.29, 0.717) is 24.6 Å². The van der Waals surface area contributed by atoms with Gasteiger partial charge in [0.05, 0.1) is 12.2 Å². The van der Waals surface area contributed by atoms with Crippen LogP contribution in [0.4, 0.5) is 9.93 Å². The van der Waals surface area contributed by atoms with Crippen molar-refractivity contribution in [3.05, 3.63) is 10.6 Å². The molecule has 1 aromatic heterocycles. The number of anilines is 1. The highest BCUT2D eigenvalue weighted by atomic mass is 35.5. The van der Waals surface area contributed by atoms with Crippen molar-refractivity contribution in [1.29, 1.82) is 0 Å². The first-order chi connectivity index (χ1) is 9.49. The Balaban J connectivity index is 2.02. The second kappa shape index (κ2) is 6.41. The summed E-state index contributed by atoms with van der Waals surface area (Å²) in [6.45, 7) is 4.93. The molecule has 2 rings (SSSR count). The maximum atomic E-state index is 11.6. The Morgan fingerprint density at radius 3 is 2.90 bits per heavy atom. The van der Waals surface area contributed by atoms with Crippen LogP contribution < -0.4 is 10.6 Å². The summed E-state index contributed by atoms with van der Waals surface area (Å²) in [4.78, 5) is 30.3. The van der Waals surface area contributed by atoms with Crippen molar-refractivity contribution in [2.75, 3.05) is 17.7 Å². The SMILES string of the molecule is CC(C)NC(=O)Nc1nc2c(s1)CN(C(=O)CCl)CC2. The minimum atomic E-state index is -0.264. The molecule has 0 saturated heterocycles. The van der Waals surface area contributed by atoms with E-state index in [1.165, 1.54) is 11.3 Å². The van der Waals surface area contributed by atoms with E-state index in [2.05, 4.69) is 15.6 Å². The lowest BCUT2D eigenvalue weighted by molar-refractivity contribution is -0.129. The monoisotopic (exact) mass is 316 g/mol. The summed E-state index contributed by atoms with van der Waals surface area (Å²) in [7, 11) is 0. The van der Waals surface area contributed by atoms with Crippen molar-refractivity contribution in [3.8, 4) is 0 Å². The summed E-state index contributed by atoms with van der Waals surface area (Å²) in [6.07, 6.45) is 0.696. The van der Waals surface area contributed by atoms with Gasteiger partial charge in [-0.1, -0.05) is 11.3 Å². The number of nitrogens with one attached hydrogen (secondary N) is 2. The van der Waals surface area contributed by atoms with Gasteiger partial charge in [-0.25, -0.2) is 9.78 Å². The van der Waals surface area contributed by atoms with Crippen LogP contribution in [0.5, 0.6) is 0 Å². The maximum Gasteiger partial charge on any atom is 0.321 e. The quantitative estimate of drug-likeness (QED) is 0.835. The second-order valence-corrected chi connectivity index (χ2v) is 6.19. The number of amides is 3. The lowest BCUT2D eigenvalue weighted by Gasteiger charge is -2.25. The molecule has 6 nitrogen and oxygen atoms in total. The third-order valence-electron chi connectivity index (χ3n) is 2.84. The molecule has 0 unspecified atom stereocenters. The van der Waals surface area contributed by atoms with E-state index in [-0.39, 0.29) is 23.9 Å². The summed E-state index contributed by atoms with van der Waals surface area (Å²) in [5.41, 5.74) is 0.952. The Morgan fingerprint density at radius 1 is 1.50 bits per heavy atom. The molecule has 0 fully saturated rings. The number of carbonyl (C=O) groups excluding carboxylic acids is 2. The Morgan fingerprint density at radius 2 is 2.25 bits per heavy atom. The van der Waals surface area contributed by atoms with Crippen LogP contribution in [0.15, 0.2) is 0 Å². The lowest BCUT2D eigenvalue weighted by atomic mass is 10.2. The molecule has 1 aromatic rings. The van der Waals surface area contributed by atoms with E-state index in [4.69, 9.17) is 11.6 Å². The average molecular weight is 317 g/mol. The minimum absolute atomic E-state index is 0.00393. The number of aromatic nitrogens is 1. The van der Waals surface area contributed by atoms with Gasteiger partial charge >= 0.3 is 6.03 Å². The number of halogens is 1. The molecule has 0 spiro atoms. The van der Waals surface area contributed by atoms with Crippen LogP contribution in [0.25, 0.3) is 0 Å². The fraction of sp³-hybridized carbons (Fsp3) is 0.583. The van der Waals surface area contributed by atoms with Crippen molar-refractivity contribution >= 4 is 40.0 Å². The number of thiazole rings is 1. The number of rotatable bonds is 3. The summed E-state index contributed by atoms with van der Waals surface area (Å²) in [5, 5.41) is 6.02. The van der Waals surface area contributed by atoms with Crippen molar-refractivity contribution in [2.45, 2.75) is 32.9 Å². The smallest absolute Gasteiger partial charge is 0.321 e. The molecule has 20 heavy (non-hydrogen) atoms. The van der Waals surface area contributed by atoms with Gasteiger partial charge in [-0.15, -0.1) is 11.6 Å². The van der Waals surface area contributed by atoms with E-state index < -0.39 is 0 Å². The molecular formula is C12H17ClN4O2S. The van der Waals surface area contributed by atoms with Gasteiger partial charge in [0.15, 0.2) is 5.13 Å². The normalized spacial score (nSPS) is 14.1. The van der Waals surface area contributed by atoms with Gasteiger partial charge in [0.1, 0.15) is 5.88 Å². The van der Waals surface area contributed by atoms with Gasteiger partial charge in [0, 0.05) is 23.9 Å². The highest BCUT2D eigenvalue weighted by Gasteiger charge is 2.24. The molecule has 110 valence electrons. The molecule has 1 aliphatic rings. The maximum absolute atomic E-state index is 11.6. The van der Waals surface area contributed by atoms with Gasteiger partial charge in [0.2, 0.25) is 5.91 Å². The number of carbonyl (C=O) groups is 2. The van der Waals surface area contributed by atoms with Crippen molar-refractivity contribution < 1.29 is 9.59 Å². The number of nitrogens with zero attached hydrogens (tertiary/aromatic N) is 2. The first kappa shape index (κ1) is 15.1.